The van der Waals surface area contributed by atoms with Crippen LogP contribution in [0.2, 0.25) is 0 Å². The number of rotatable bonds is 6. The first-order valence-corrected chi connectivity index (χ1v) is 7.95. The highest BCUT2D eigenvalue weighted by atomic mass is 79.9. The zero-order chi connectivity index (χ0) is 13.7. The van der Waals surface area contributed by atoms with Crippen molar-refractivity contribution in [1.29, 1.82) is 0 Å². The number of aliphatic hydroxyl groups excluding tert-OH is 1. The van der Waals surface area contributed by atoms with Crippen molar-refractivity contribution < 1.29 is 9.84 Å². The minimum atomic E-state index is -0.467. The maximum Gasteiger partial charge on any atom is 0.119 e. The predicted molar refractivity (Wildman–Crippen MR) is 82.9 cm³/mol. The molecular formula is C15H17BrO2S. The van der Waals surface area contributed by atoms with Crippen molar-refractivity contribution in [2.24, 2.45) is 0 Å². The summed E-state index contributed by atoms with van der Waals surface area (Å²) < 4.78 is 6.62. The summed E-state index contributed by atoms with van der Waals surface area (Å²) >= 11 is 5.09. The van der Waals surface area contributed by atoms with E-state index < -0.39 is 6.10 Å². The molecule has 4 heteroatoms. The van der Waals surface area contributed by atoms with Gasteiger partial charge in [0.2, 0.25) is 0 Å². The molecule has 0 saturated heterocycles. The summed E-state index contributed by atoms with van der Waals surface area (Å²) in [6.45, 7) is 2.81. The lowest BCUT2D eigenvalue weighted by atomic mass is 10.1. The van der Waals surface area contributed by atoms with E-state index in [1.807, 2.05) is 36.4 Å². The molecule has 0 spiro atoms. The highest BCUT2D eigenvalue weighted by molar-refractivity contribution is 9.11. The monoisotopic (exact) mass is 340 g/mol. The molecule has 0 aliphatic rings. The molecule has 0 radical (unpaired) electrons. The molecule has 0 amide bonds. The smallest absolute Gasteiger partial charge is 0.119 e. The van der Waals surface area contributed by atoms with Crippen molar-refractivity contribution in [3.8, 4) is 5.75 Å². The van der Waals surface area contributed by atoms with Crippen molar-refractivity contribution in [1.82, 2.24) is 0 Å². The maximum absolute atomic E-state index is 10.2. The second-order valence-electron chi connectivity index (χ2n) is 4.34. The molecule has 0 fully saturated rings. The van der Waals surface area contributed by atoms with E-state index in [1.54, 1.807) is 11.3 Å². The molecule has 19 heavy (non-hydrogen) atoms. The van der Waals surface area contributed by atoms with Gasteiger partial charge in [0, 0.05) is 11.3 Å². The maximum atomic E-state index is 10.2. The Hall–Kier alpha value is -0.840. The molecule has 0 aliphatic heterocycles. The summed E-state index contributed by atoms with van der Waals surface area (Å²) in [4.78, 5) is 1.17. The van der Waals surface area contributed by atoms with Gasteiger partial charge >= 0.3 is 0 Å². The molecule has 2 aromatic rings. The number of hydrogen-bond acceptors (Lipinski definition) is 3. The summed E-state index contributed by atoms with van der Waals surface area (Å²) in [6.07, 6.45) is 1.18. The largest absolute Gasteiger partial charge is 0.494 e. The number of thiophene rings is 1. The lowest BCUT2D eigenvalue weighted by molar-refractivity contribution is 0.179. The molecule has 102 valence electrons. The summed E-state index contributed by atoms with van der Waals surface area (Å²) in [5.41, 5.74) is 0.924. The topological polar surface area (TPSA) is 29.5 Å². The minimum absolute atomic E-state index is 0.467. The van der Waals surface area contributed by atoms with E-state index in [-0.39, 0.29) is 0 Å². The lowest BCUT2D eigenvalue weighted by Crippen LogP contribution is -2.01. The molecule has 2 rings (SSSR count). The average molecular weight is 341 g/mol. The third-order valence-electron chi connectivity index (χ3n) is 2.76. The van der Waals surface area contributed by atoms with Crippen LogP contribution in [0.15, 0.2) is 40.2 Å². The Balaban J connectivity index is 1.97. The molecule has 0 aliphatic carbocycles. The Morgan fingerprint density at radius 1 is 1.21 bits per heavy atom. The van der Waals surface area contributed by atoms with Crippen LogP contribution in [-0.4, -0.2) is 11.7 Å². The molecule has 1 heterocycles. The summed E-state index contributed by atoms with van der Waals surface area (Å²) in [7, 11) is 0. The fraction of sp³-hybridized carbons (Fsp3) is 0.333. The SMILES string of the molecule is CCCOc1ccc(C(O)Cc2ccc(Br)s2)cc1. The first-order chi connectivity index (χ1) is 9.19. The van der Waals surface area contributed by atoms with Gasteiger partial charge in [-0.1, -0.05) is 19.1 Å². The van der Waals surface area contributed by atoms with Gasteiger partial charge in [0.05, 0.1) is 16.5 Å². The number of aliphatic hydroxyl groups is 1. The van der Waals surface area contributed by atoms with E-state index in [4.69, 9.17) is 4.74 Å². The van der Waals surface area contributed by atoms with Crippen LogP contribution in [0.5, 0.6) is 5.75 Å². The van der Waals surface area contributed by atoms with Gasteiger partial charge in [-0.3, -0.25) is 0 Å². The number of hydrogen-bond donors (Lipinski definition) is 1. The Labute approximate surface area is 126 Å². The highest BCUT2D eigenvalue weighted by Crippen LogP contribution is 2.27. The van der Waals surface area contributed by atoms with Crippen LogP contribution in [0.4, 0.5) is 0 Å². The normalized spacial score (nSPS) is 12.4. The van der Waals surface area contributed by atoms with Crippen LogP contribution in [0.25, 0.3) is 0 Å². The van der Waals surface area contributed by atoms with Gasteiger partial charge in [0.1, 0.15) is 5.75 Å². The van der Waals surface area contributed by atoms with Crippen LogP contribution in [0.3, 0.4) is 0 Å². The highest BCUT2D eigenvalue weighted by Gasteiger charge is 2.10. The Bertz CT molecular complexity index is 507. The van der Waals surface area contributed by atoms with Gasteiger partial charge in [-0.15, -0.1) is 11.3 Å². The first kappa shape index (κ1) is 14.6. The summed E-state index contributed by atoms with van der Waals surface area (Å²) in [5.74, 6) is 0.858. The van der Waals surface area contributed by atoms with Crippen LogP contribution in [-0.2, 0) is 6.42 Å². The third kappa shape index (κ3) is 4.34. The quantitative estimate of drug-likeness (QED) is 0.834. The number of halogens is 1. The summed E-state index contributed by atoms with van der Waals surface area (Å²) in [6, 6.07) is 11.7. The van der Waals surface area contributed by atoms with Crippen LogP contribution >= 0.6 is 27.3 Å². The van der Waals surface area contributed by atoms with Gasteiger partial charge in [0.15, 0.2) is 0 Å². The molecule has 0 bridgehead atoms. The standard InChI is InChI=1S/C15H17BrO2S/c1-2-9-18-12-5-3-11(4-6-12)14(17)10-13-7-8-15(16)19-13/h3-8,14,17H,2,9-10H2,1H3. The molecular weight excluding hydrogens is 324 g/mol. The molecule has 1 unspecified atom stereocenters. The predicted octanol–water partition coefficient (Wildman–Crippen LogP) is 4.58. The van der Waals surface area contributed by atoms with Crippen LogP contribution < -0.4 is 4.74 Å². The van der Waals surface area contributed by atoms with E-state index in [0.29, 0.717) is 6.42 Å². The average Bonchev–Trinajstić information content (AvgIpc) is 2.82. The van der Waals surface area contributed by atoms with E-state index in [2.05, 4.69) is 22.9 Å². The zero-order valence-corrected chi connectivity index (χ0v) is 13.2. The van der Waals surface area contributed by atoms with Gasteiger partial charge in [-0.05, 0) is 52.2 Å². The Morgan fingerprint density at radius 2 is 1.95 bits per heavy atom. The lowest BCUT2D eigenvalue weighted by Gasteiger charge is -2.11. The van der Waals surface area contributed by atoms with Crippen molar-refractivity contribution in [3.05, 3.63) is 50.6 Å². The van der Waals surface area contributed by atoms with Crippen molar-refractivity contribution in [3.63, 3.8) is 0 Å². The number of ether oxygens (including phenoxy) is 1. The third-order valence-corrected chi connectivity index (χ3v) is 4.41. The van der Waals surface area contributed by atoms with E-state index in [0.717, 1.165) is 28.1 Å². The first-order valence-electron chi connectivity index (χ1n) is 6.34. The summed E-state index contributed by atoms with van der Waals surface area (Å²) in [5, 5.41) is 10.2. The molecule has 2 nitrogen and oxygen atoms in total. The second-order valence-corrected chi connectivity index (χ2v) is 6.89. The second kappa shape index (κ2) is 7.08. The molecule has 1 aromatic heterocycles. The van der Waals surface area contributed by atoms with E-state index in [1.165, 1.54) is 4.88 Å². The zero-order valence-electron chi connectivity index (χ0n) is 10.8. The van der Waals surface area contributed by atoms with Crippen molar-refractivity contribution in [2.45, 2.75) is 25.9 Å². The van der Waals surface area contributed by atoms with Gasteiger partial charge in [-0.2, -0.15) is 0 Å². The molecule has 1 N–H and O–H groups in total. The van der Waals surface area contributed by atoms with Crippen molar-refractivity contribution in [2.75, 3.05) is 6.61 Å². The van der Waals surface area contributed by atoms with Gasteiger partial charge < -0.3 is 9.84 Å². The number of benzene rings is 1. The van der Waals surface area contributed by atoms with Crippen molar-refractivity contribution >= 4 is 27.3 Å². The van der Waals surface area contributed by atoms with Crippen LogP contribution in [0.1, 0.15) is 29.9 Å². The van der Waals surface area contributed by atoms with E-state index in [9.17, 15) is 5.11 Å². The van der Waals surface area contributed by atoms with Crippen LogP contribution in [0, 0.1) is 0 Å². The van der Waals surface area contributed by atoms with Gasteiger partial charge in [-0.25, -0.2) is 0 Å². The molecule has 1 aromatic carbocycles. The van der Waals surface area contributed by atoms with E-state index >= 15 is 0 Å². The van der Waals surface area contributed by atoms with Gasteiger partial charge in [0.25, 0.3) is 0 Å². The Kier molecular flexibility index (Phi) is 5.43. The molecule has 0 saturated carbocycles. The molecule has 1 atom stereocenters. The Morgan fingerprint density at radius 3 is 2.53 bits per heavy atom. The fourth-order valence-corrected chi connectivity index (χ4v) is 3.30. The minimum Gasteiger partial charge on any atom is -0.494 e. The fourth-order valence-electron chi connectivity index (χ4n) is 1.78.